The summed E-state index contributed by atoms with van der Waals surface area (Å²) in [6.45, 7) is 2.73. The van der Waals surface area contributed by atoms with Gasteiger partial charge in [0, 0.05) is 12.6 Å². The van der Waals surface area contributed by atoms with E-state index in [0.29, 0.717) is 18.1 Å². The van der Waals surface area contributed by atoms with Gasteiger partial charge in [-0.25, -0.2) is 0 Å². The van der Waals surface area contributed by atoms with E-state index in [9.17, 15) is 9.59 Å². The van der Waals surface area contributed by atoms with Crippen molar-refractivity contribution in [3.8, 4) is 11.5 Å². The van der Waals surface area contributed by atoms with Gasteiger partial charge in [-0.2, -0.15) is 0 Å². The van der Waals surface area contributed by atoms with Crippen LogP contribution in [0.4, 0.5) is 0 Å². The van der Waals surface area contributed by atoms with Gasteiger partial charge in [-0.05, 0) is 30.2 Å². The van der Waals surface area contributed by atoms with Crippen LogP contribution < -0.4 is 14.8 Å². The number of hydrogen-bond donors (Lipinski definition) is 2. The molecule has 0 aromatic heterocycles. The van der Waals surface area contributed by atoms with Crippen molar-refractivity contribution in [3.63, 3.8) is 0 Å². The minimum absolute atomic E-state index is 0.100. The van der Waals surface area contributed by atoms with Gasteiger partial charge < -0.3 is 19.9 Å². The molecule has 2 N–H and O–H groups in total. The number of methoxy groups -OCH3 is 1. The third-order valence-electron chi connectivity index (χ3n) is 2.71. The number of nitrogens with one attached hydrogen (secondary N) is 1. The minimum atomic E-state index is -0.948. The summed E-state index contributed by atoms with van der Waals surface area (Å²) in [5.41, 5.74) is 0.786. The Morgan fingerprint density at radius 3 is 2.73 bits per heavy atom. The second kappa shape index (κ2) is 9.44. The molecule has 1 aromatic carbocycles. The molecule has 6 heteroatoms. The smallest absolute Gasteiger partial charge is 0.305 e. The van der Waals surface area contributed by atoms with Crippen molar-refractivity contribution in [2.75, 3.05) is 20.3 Å². The van der Waals surface area contributed by atoms with E-state index in [1.54, 1.807) is 25.3 Å². The van der Waals surface area contributed by atoms with E-state index in [2.05, 4.69) is 5.32 Å². The van der Waals surface area contributed by atoms with E-state index >= 15 is 0 Å². The number of carbonyl (C=O) groups excluding carboxylic acids is 1. The van der Waals surface area contributed by atoms with Gasteiger partial charge in [-0.15, -0.1) is 0 Å². The van der Waals surface area contributed by atoms with Gasteiger partial charge in [0.25, 0.3) is 0 Å². The lowest BCUT2D eigenvalue weighted by Gasteiger charge is -2.10. The second-order valence-corrected chi connectivity index (χ2v) is 4.53. The maximum absolute atomic E-state index is 11.5. The summed E-state index contributed by atoms with van der Waals surface area (Å²) in [6.07, 6.45) is 3.78. The van der Waals surface area contributed by atoms with Crippen LogP contribution in [0.2, 0.25) is 0 Å². The summed E-state index contributed by atoms with van der Waals surface area (Å²) in [6, 6.07) is 5.37. The summed E-state index contributed by atoms with van der Waals surface area (Å²) >= 11 is 0. The predicted molar refractivity (Wildman–Crippen MR) is 83.1 cm³/mol. The highest BCUT2D eigenvalue weighted by Crippen LogP contribution is 2.28. The quantitative estimate of drug-likeness (QED) is 0.682. The number of hydrogen-bond acceptors (Lipinski definition) is 4. The molecule has 22 heavy (non-hydrogen) atoms. The summed E-state index contributed by atoms with van der Waals surface area (Å²) in [5.74, 6) is -0.0301. The van der Waals surface area contributed by atoms with Crippen molar-refractivity contribution in [3.05, 3.63) is 29.8 Å². The molecule has 0 aliphatic rings. The fourth-order valence-corrected chi connectivity index (χ4v) is 1.64. The normalized spacial score (nSPS) is 10.5. The van der Waals surface area contributed by atoms with E-state index in [4.69, 9.17) is 14.6 Å². The van der Waals surface area contributed by atoms with Crippen molar-refractivity contribution >= 4 is 18.0 Å². The average molecular weight is 307 g/mol. The summed E-state index contributed by atoms with van der Waals surface area (Å²) in [4.78, 5) is 21.9. The largest absolute Gasteiger partial charge is 0.493 e. The first-order valence-corrected chi connectivity index (χ1v) is 7.05. The molecular formula is C16H21NO5. The maximum Gasteiger partial charge on any atom is 0.305 e. The Bertz CT molecular complexity index is 539. The number of amides is 1. The summed E-state index contributed by atoms with van der Waals surface area (Å²) in [5, 5.41) is 11.0. The van der Waals surface area contributed by atoms with Gasteiger partial charge in [-0.1, -0.05) is 13.0 Å². The number of aliphatic carboxylic acids is 1. The SMILES string of the molecule is CCCOc1ccc(/C=C/C(=O)NCCC(=O)O)cc1OC. The average Bonchev–Trinajstić information content (AvgIpc) is 2.50. The number of carboxylic acids is 1. The van der Waals surface area contributed by atoms with Crippen LogP contribution >= 0.6 is 0 Å². The van der Waals surface area contributed by atoms with E-state index in [1.807, 2.05) is 13.0 Å². The lowest BCUT2D eigenvalue weighted by Crippen LogP contribution is -2.23. The molecule has 1 rings (SSSR count). The van der Waals surface area contributed by atoms with Crippen LogP contribution in [-0.2, 0) is 9.59 Å². The zero-order chi connectivity index (χ0) is 16.4. The van der Waals surface area contributed by atoms with E-state index in [1.165, 1.54) is 6.08 Å². The van der Waals surface area contributed by atoms with Crippen LogP contribution in [0, 0.1) is 0 Å². The topological polar surface area (TPSA) is 84.9 Å². The molecule has 1 amide bonds. The Morgan fingerprint density at radius 2 is 2.09 bits per heavy atom. The van der Waals surface area contributed by atoms with Crippen LogP contribution in [-0.4, -0.2) is 37.2 Å². The molecule has 1 aromatic rings. The van der Waals surface area contributed by atoms with Crippen molar-refractivity contribution in [2.24, 2.45) is 0 Å². The minimum Gasteiger partial charge on any atom is -0.493 e. The first-order valence-electron chi connectivity index (χ1n) is 7.05. The zero-order valence-electron chi connectivity index (χ0n) is 12.8. The molecule has 0 fully saturated rings. The van der Waals surface area contributed by atoms with E-state index < -0.39 is 5.97 Å². The highest BCUT2D eigenvalue weighted by molar-refractivity contribution is 5.92. The third kappa shape index (κ3) is 6.30. The molecule has 0 spiro atoms. The molecular weight excluding hydrogens is 286 g/mol. The maximum atomic E-state index is 11.5. The lowest BCUT2D eigenvalue weighted by atomic mass is 10.2. The van der Waals surface area contributed by atoms with E-state index in [-0.39, 0.29) is 18.9 Å². The number of benzene rings is 1. The lowest BCUT2D eigenvalue weighted by molar-refractivity contribution is -0.136. The van der Waals surface area contributed by atoms with Crippen LogP contribution in [0.3, 0.4) is 0 Å². The molecule has 0 heterocycles. The Labute approximate surface area is 129 Å². The van der Waals surface area contributed by atoms with Gasteiger partial charge >= 0.3 is 5.97 Å². The van der Waals surface area contributed by atoms with Crippen LogP contribution in [0.1, 0.15) is 25.3 Å². The molecule has 0 aliphatic heterocycles. The Kier molecular flexibility index (Phi) is 7.53. The zero-order valence-corrected chi connectivity index (χ0v) is 12.8. The van der Waals surface area contributed by atoms with Gasteiger partial charge in [0.15, 0.2) is 11.5 Å². The highest BCUT2D eigenvalue weighted by Gasteiger charge is 2.05. The monoisotopic (exact) mass is 307 g/mol. The third-order valence-corrected chi connectivity index (χ3v) is 2.71. The van der Waals surface area contributed by atoms with Gasteiger partial charge in [0.05, 0.1) is 20.1 Å². The first kappa shape index (κ1) is 17.6. The molecule has 0 radical (unpaired) electrons. The summed E-state index contributed by atoms with van der Waals surface area (Å²) < 4.78 is 10.8. The molecule has 0 unspecified atom stereocenters. The van der Waals surface area contributed by atoms with Gasteiger partial charge in [0.1, 0.15) is 0 Å². The second-order valence-electron chi connectivity index (χ2n) is 4.53. The van der Waals surface area contributed by atoms with Gasteiger partial charge in [-0.3, -0.25) is 9.59 Å². The number of rotatable bonds is 9. The van der Waals surface area contributed by atoms with Crippen molar-refractivity contribution < 1.29 is 24.2 Å². The van der Waals surface area contributed by atoms with Crippen molar-refractivity contribution in [2.45, 2.75) is 19.8 Å². The van der Waals surface area contributed by atoms with Crippen LogP contribution in [0.25, 0.3) is 6.08 Å². The Morgan fingerprint density at radius 1 is 1.32 bits per heavy atom. The Balaban J connectivity index is 2.63. The fraction of sp³-hybridized carbons (Fsp3) is 0.375. The molecule has 6 nitrogen and oxygen atoms in total. The number of carbonyl (C=O) groups is 2. The van der Waals surface area contributed by atoms with E-state index in [0.717, 1.165) is 12.0 Å². The molecule has 0 atom stereocenters. The standard InChI is InChI=1S/C16H21NO5/c1-3-10-22-13-6-4-12(11-14(13)21-2)5-7-15(18)17-9-8-16(19)20/h4-7,11H,3,8-10H2,1-2H3,(H,17,18)(H,19,20)/b7-5+. The highest BCUT2D eigenvalue weighted by atomic mass is 16.5. The fourth-order valence-electron chi connectivity index (χ4n) is 1.64. The summed E-state index contributed by atoms with van der Waals surface area (Å²) in [7, 11) is 1.56. The molecule has 0 saturated heterocycles. The molecule has 120 valence electrons. The first-order chi connectivity index (χ1) is 10.6. The predicted octanol–water partition coefficient (Wildman–Crippen LogP) is 2.09. The molecule has 0 saturated carbocycles. The van der Waals surface area contributed by atoms with Crippen LogP contribution in [0.15, 0.2) is 24.3 Å². The Hall–Kier alpha value is -2.50. The van der Waals surface area contributed by atoms with Gasteiger partial charge in [0.2, 0.25) is 5.91 Å². The molecule has 0 aliphatic carbocycles. The number of ether oxygens (including phenoxy) is 2. The number of carboxylic acid groups (broad SMARTS) is 1. The van der Waals surface area contributed by atoms with Crippen molar-refractivity contribution in [1.82, 2.24) is 5.32 Å². The van der Waals surface area contributed by atoms with Crippen molar-refractivity contribution in [1.29, 1.82) is 0 Å². The molecule has 0 bridgehead atoms. The van der Waals surface area contributed by atoms with Crippen LogP contribution in [0.5, 0.6) is 11.5 Å².